The van der Waals surface area contributed by atoms with Gasteiger partial charge in [-0.05, 0) is 179 Å². The zero-order chi connectivity index (χ0) is 85.8. The van der Waals surface area contributed by atoms with Crippen molar-refractivity contribution in [1.82, 2.24) is 9.97 Å². The van der Waals surface area contributed by atoms with Gasteiger partial charge in [-0.2, -0.15) is 0 Å². The van der Waals surface area contributed by atoms with Crippen LogP contribution in [0.1, 0.15) is 471 Å². The van der Waals surface area contributed by atoms with E-state index in [0.29, 0.717) is 11.1 Å². The van der Waals surface area contributed by atoms with Crippen molar-refractivity contribution in [2.45, 2.75) is 479 Å². The van der Waals surface area contributed by atoms with Gasteiger partial charge in [0.25, 0.3) is 0 Å². The van der Waals surface area contributed by atoms with Crippen LogP contribution in [-0.4, -0.2) is 9.97 Å². The molecule has 0 spiro atoms. The SMILES string of the molecule is CCCCCCCCCCCCc1cc(C)sc1-c1cc(CCCCCCCCCCCC)c(-c2nc(CCCCCCCCCCCC)c(-c3ccc(-c4ccc(-c5sc(-c6sc(-c7sc(-c8cc(F)c(C)cc8F)cc7CCCCCCCCCCCC)cc6CCCCCCCCCCCC)nc5CCCCCCCCCCCC)s4)s3)s2)s1. The molecule has 12 heteroatoms. The summed E-state index contributed by atoms with van der Waals surface area (Å²) >= 11 is 15.6. The molecular weight excluding hydrogens is 1640 g/mol. The minimum Gasteiger partial charge on any atom is -0.240 e. The highest BCUT2D eigenvalue weighted by atomic mass is 32.1. The highest BCUT2D eigenvalue weighted by Gasteiger charge is 2.27. The maximum atomic E-state index is 16.2. The molecule has 0 fully saturated rings. The van der Waals surface area contributed by atoms with E-state index in [0.717, 1.165) is 61.3 Å². The quantitative estimate of drug-likeness (QED) is 0.0355. The van der Waals surface area contributed by atoms with Gasteiger partial charge in [-0.25, -0.2) is 18.7 Å². The molecule has 8 heterocycles. The molecule has 8 aromatic heterocycles. The maximum absolute atomic E-state index is 16.2. The predicted octanol–water partition coefficient (Wildman–Crippen LogP) is 42.0. The Labute approximate surface area is 777 Å². The van der Waals surface area contributed by atoms with Crippen LogP contribution < -0.4 is 0 Å². The number of aromatic nitrogens is 2. The molecule has 0 atom stereocenters. The monoisotopic (exact) mass is 1810 g/mol. The van der Waals surface area contributed by atoms with Crippen LogP contribution >= 0.6 is 90.7 Å². The van der Waals surface area contributed by atoms with Crippen molar-refractivity contribution in [3.63, 3.8) is 0 Å². The van der Waals surface area contributed by atoms with Crippen molar-refractivity contribution in [1.29, 1.82) is 0 Å². The van der Waals surface area contributed by atoms with Crippen LogP contribution in [0, 0.1) is 25.5 Å². The van der Waals surface area contributed by atoms with E-state index in [9.17, 15) is 0 Å². The van der Waals surface area contributed by atoms with Crippen molar-refractivity contribution in [3.8, 4) is 79.0 Å². The second-order valence-electron chi connectivity index (χ2n) is 36.7. The topological polar surface area (TPSA) is 25.8 Å². The van der Waals surface area contributed by atoms with Gasteiger partial charge in [0.15, 0.2) is 0 Å². The molecule has 678 valence electrons. The smallest absolute Gasteiger partial charge is 0.134 e. The molecule has 0 N–H and O–H groups in total. The summed E-state index contributed by atoms with van der Waals surface area (Å²) in [6.07, 6.45) is 86.0. The van der Waals surface area contributed by atoms with E-state index in [1.807, 2.05) is 68.0 Å². The number of unbranched alkanes of at least 4 members (excludes halogenated alkanes) is 54. The van der Waals surface area contributed by atoms with Crippen LogP contribution in [0.3, 0.4) is 0 Å². The number of nitrogens with zero attached hydrogens (tertiary/aromatic N) is 2. The molecule has 0 bridgehead atoms. The van der Waals surface area contributed by atoms with Gasteiger partial charge in [0.05, 0.1) is 30.9 Å². The molecule has 1 aromatic carbocycles. The molecule has 0 aliphatic heterocycles. The van der Waals surface area contributed by atoms with Crippen LogP contribution in [-0.2, 0) is 38.5 Å². The highest BCUT2D eigenvalue weighted by molar-refractivity contribution is 7.31. The molecule has 122 heavy (non-hydrogen) atoms. The second kappa shape index (κ2) is 61.9. The van der Waals surface area contributed by atoms with Gasteiger partial charge in [0.1, 0.15) is 21.6 Å². The van der Waals surface area contributed by atoms with Gasteiger partial charge >= 0.3 is 0 Å². The predicted molar refractivity (Wildman–Crippen MR) is 551 cm³/mol. The van der Waals surface area contributed by atoms with Gasteiger partial charge in [-0.3, -0.25) is 0 Å². The fourth-order valence-corrected chi connectivity index (χ4v) is 27.9. The molecule has 0 amide bonds. The van der Waals surface area contributed by atoms with Gasteiger partial charge in [-0.1, -0.05) is 388 Å². The summed E-state index contributed by atoms with van der Waals surface area (Å²) < 4.78 is 31.7. The molecule has 2 nitrogen and oxygen atoms in total. The lowest BCUT2D eigenvalue weighted by atomic mass is 10.0. The first kappa shape index (κ1) is 102. The maximum Gasteiger partial charge on any atom is 0.134 e. The molecule has 0 aliphatic rings. The number of hydrogen-bond donors (Lipinski definition) is 0. The van der Waals surface area contributed by atoms with Crippen LogP contribution in [0.25, 0.3) is 79.0 Å². The molecule has 9 aromatic rings. The number of thiophene rings is 6. The average Bonchev–Trinajstić information content (AvgIpc) is 1.62. The van der Waals surface area contributed by atoms with E-state index >= 15 is 8.78 Å². The first-order valence-corrected chi connectivity index (χ1v) is 57.7. The molecule has 0 radical (unpaired) electrons. The van der Waals surface area contributed by atoms with Crippen LogP contribution in [0.5, 0.6) is 0 Å². The summed E-state index contributed by atoms with van der Waals surface area (Å²) in [5.41, 5.74) is 9.10. The Morgan fingerprint density at radius 1 is 0.213 bits per heavy atom. The summed E-state index contributed by atoms with van der Waals surface area (Å²) in [7, 11) is 0. The second-order valence-corrected chi connectivity index (χ2v) is 45.3. The number of hydrogen-bond acceptors (Lipinski definition) is 10. The summed E-state index contributed by atoms with van der Waals surface area (Å²) in [4.78, 5) is 30.4. The number of rotatable bonds is 74. The minimum absolute atomic E-state index is 0.339. The third-order valence-corrected chi connectivity index (χ3v) is 36.0. The summed E-state index contributed by atoms with van der Waals surface area (Å²) in [5, 5.41) is 2.40. The lowest BCUT2D eigenvalue weighted by Gasteiger charge is -2.04. The Bertz CT molecular complexity index is 4190. The fourth-order valence-electron chi connectivity index (χ4n) is 18.1. The standard InChI is InChI=1S/C110H166F2N2S8/c1-9-15-21-27-33-39-45-51-57-63-69-87-80-86(8)115-103(87)101-82-89(71-65-59-53-47-41-35-29-23-17-11-3)105(119-101)109-113-94(73-67-61-55-49-43-37-31-25-19-13-5)107(121-109)98-77-75-96(116-98)97-76-78-99(117-97)108-95(74-68-62-56-50-44-38-32-26-20-14-6)114-110(122-108)106-90(72-66-60-54-48-42-36-30-24-18-12-4)83-102(120-106)104-88(70-64-58-52-46-40-34-28-22-16-10-2)81-100(118-104)91-84-92(111)85(7)79-93(91)112/h75-84H,9-74H2,1-8H3. The fraction of sp³-hybridized carbons (Fsp3) is 0.673. The van der Waals surface area contributed by atoms with Gasteiger partial charge in [0, 0.05) is 54.3 Å². The van der Waals surface area contributed by atoms with Crippen molar-refractivity contribution in [2.75, 3.05) is 0 Å². The van der Waals surface area contributed by atoms with Crippen molar-refractivity contribution in [2.24, 2.45) is 0 Å². The first-order valence-electron chi connectivity index (χ1n) is 51.2. The van der Waals surface area contributed by atoms with Gasteiger partial charge in [0.2, 0.25) is 0 Å². The van der Waals surface area contributed by atoms with Crippen molar-refractivity contribution < 1.29 is 8.78 Å². The molecular formula is C110H166F2N2S8. The third kappa shape index (κ3) is 36.5. The molecule has 0 aliphatic carbocycles. The third-order valence-electron chi connectivity index (χ3n) is 25.7. The molecule has 9 rings (SSSR count). The summed E-state index contributed by atoms with van der Waals surface area (Å²) in [6.45, 7) is 17.9. The normalized spacial score (nSPS) is 11.9. The Morgan fingerprint density at radius 3 is 0.787 bits per heavy atom. The first-order chi connectivity index (χ1) is 60.0. The van der Waals surface area contributed by atoms with Crippen LogP contribution in [0.2, 0.25) is 0 Å². The van der Waals surface area contributed by atoms with E-state index < -0.39 is 0 Å². The van der Waals surface area contributed by atoms with E-state index in [4.69, 9.17) is 9.97 Å². The Morgan fingerprint density at radius 2 is 0.467 bits per heavy atom. The lowest BCUT2D eigenvalue weighted by Crippen LogP contribution is -1.90. The zero-order valence-electron chi connectivity index (χ0n) is 78.4. The van der Waals surface area contributed by atoms with Crippen LogP contribution in [0.15, 0.2) is 60.7 Å². The highest BCUT2D eigenvalue weighted by Crippen LogP contribution is 2.52. The lowest BCUT2D eigenvalue weighted by molar-refractivity contribution is 0.555. The van der Waals surface area contributed by atoms with Crippen molar-refractivity contribution in [3.05, 3.63) is 116 Å². The summed E-state index contributed by atoms with van der Waals surface area (Å²) in [5.74, 6) is -0.684. The van der Waals surface area contributed by atoms with E-state index in [1.54, 1.807) is 23.8 Å². The average molecular weight is 1810 g/mol. The largest absolute Gasteiger partial charge is 0.240 e. The number of halogens is 2. The Kier molecular flexibility index (Phi) is 51.9. The number of thiazole rings is 2. The van der Waals surface area contributed by atoms with E-state index in [1.165, 1.54) is 481 Å². The van der Waals surface area contributed by atoms with E-state index in [-0.39, 0.29) is 11.6 Å². The Hall–Kier alpha value is -3.46. The summed E-state index contributed by atoms with van der Waals surface area (Å²) in [6, 6.07) is 22.5. The van der Waals surface area contributed by atoms with Gasteiger partial charge in [-0.15, -0.1) is 90.7 Å². The van der Waals surface area contributed by atoms with Crippen molar-refractivity contribution >= 4 is 90.7 Å². The minimum atomic E-state index is -0.344. The number of aryl methyl sites for hydroxylation is 8. The molecule has 0 saturated carbocycles. The molecule has 0 saturated heterocycles. The van der Waals surface area contributed by atoms with E-state index in [2.05, 4.69) is 108 Å². The molecule has 0 unspecified atom stereocenters. The van der Waals surface area contributed by atoms with Crippen LogP contribution in [0.4, 0.5) is 8.78 Å². The van der Waals surface area contributed by atoms with Gasteiger partial charge < -0.3 is 0 Å². The zero-order valence-corrected chi connectivity index (χ0v) is 84.9. The number of benzene rings is 1. The Balaban J connectivity index is 1.03.